The number of methoxy groups -OCH3 is 1. The predicted molar refractivity (Wildman–Crippen MR) is 161 cm³/mol. The van der Waals surface area contributed by atoms with Crippen molar-refractivity contribution in [2.75, 3.05) is 36.8 Å². The van der Waals surface area contributed by atoms with Gasteiger partial charge in [0.25, 0.3) is 5.56 Å². The molecule has 230 valence electrons. The van der Waals surface area contributed by atoms with E-state index in [1.807, 2.05) is 0 Å². The number of hydrogen-bond donors (Lipinski definition) is 3. The average Bonchev–Trinajstić information content (AvgIpc) is 2.95. The standard InChI is InChI=1S/C28H29F3N6O4S.ClH/c1-41-9-8-37-26-19(13-33-28(35-26)34-21-12-20(29)14-32-15-21)10-22(27(37)38)17-6-7-25(24(31)11-17)36-42(39,40)16-18-4-2-3-5-23(18)30;/h2-7,10-11,13,20-21,32,36H,8-9,12,14-16H2,1H3,(H,33,34,35);1H/t20-,21-;/m0./s1. The molecule has 1 fully saturated rings. The number of benzene rings is 2. The van der Waals surface area contributed by atoms with Gasteiger partial charge in [-0.3, -0.25) is 14.1 Å². The van der Waals surface area contributed by atoms with Crippen LogP contribution in [0.25, 0.3) is 22.2 Å². The van der Waals surface area contributed by atoms with E-state index in [-0.39, 0.29) is 66.5 Å². The lowest BCUT2D eigenvalue weighted by Crippen LogP contribution is -2.44. The second-order valence-corrected chi connectivity index (χ2v) is 11.7. The molecule has 5 rings (SSSR count). The van der Waals surface area contributed by atoms with Gasteiger partial charge in [-0.2, -0.15) is 4.98 Å². The van der Waals surface area contributed by atoms with Crippen LogP contribution >= 0.6 is 12.4 Å². The van der Waals surface area contributed by atoms with E-state index < -0.39 is 39.1 Å². The van der Waals surface area contributed by atoms with Gasteiger partial charge in [0.15, 0.2) is 0 Å². The Morgan fingerprint density at radius 2 is 1.91 bits per heavy atom. The van der Waals surface area contributed by atoms with Gasteiger partial charge in [-0.1, -0.05) is 24.3 Å². The lowest BCUT2D eigenvalue weighted by molar-refractivity contribution is 0.187. The number of nitrogens with zero attached hydrogens (tertiary/aromatic N) is 3. The summed E-state index contributed by atoms with van der Waals surface area (Å²) < 4.78 is 76.8. The molecule has 0 spiro atoms. The number of aromatic nitrogens is 3. The molecule has 3 N–H and O–H groups in total. The van der Waals surface area contributed by atoms with Gasteiger partial charge in [0.2, 0.25) is 16.0 Å². The lowest BCUT2D eigenvalue weighted by atomic mass is 10.1. The minimum absolute atomic E-state index is 0. The fourth-order valence-electron chi connectivity index (χ4n) is 4.80. The zero-order chi connectivity index (χ0) is 29.9. The van der Waals surface area contributed by atoms with E-state index in [9.17, 15) is 22.0 Å². The first-order chi connectivity index (χ1) is 20.1. The number of nitrogens with one attached hydrogen (secondary N) is 3. The summed E-state index contributed by atoms with van der Waals surface area (Å²) in [7, 11) is -2.65. The smallest absolute Gasteiger partial charge is 0.260 e. The molecule has 2 atom stereocenters. The second-order valence-electron chi connectivity index (χ2n) is 9.96. The van der Waals surface area contributed by atoms with E-state index in [4.69, 9.17) is 4.74 Å². The Morgan fingerprint density at radius 1 is 1.12 bits per heavy atom. The topological polar surface area (TPSA) is 127 Å². The first-order valence-corrected chi connectivity index (χ1v) is 14.8. The van der Waals surface area contributed by atoms with Crippen molar-refractivity contribution >= 4 is 45.1 Å². The summed E-state index contributed by atoms with van der Waals surface area (Å²) in [5, 5.41) is 6.60. The van der Waals surface area contributed by atoms with Gasteiger partial charge in [0.05, 0.1) is 24.6 Å². The maximum atomic E-state index is 15.1. The lowest BCUT2D eigenvalue weighted by Gasteiger charge is -2.26. The predicted octanol–water partition coefficient (Wildman–Crippen LogP) is 3.86. The van der Waals surface area contributed by atoms with Crippen molar-refractivity contribution in [2.24, 2.45) is 0 Å². The van der Waals surface area contributed by atoms with Gasteiger partial charge in [-0.05, 0) is 29.8 Å². The van der Waals surface area contributed by atoms with Crippen LogP contribution in [0, 0.1) is 11.6 Å². The molecule has 2 aromatic carbocycles. The number of fused-ring (bicyclic) bond motifs is 1. The van der Waals surface area contributed by atoms with Crippen LogP contribution in [0.5, 0.6) is 0 Å². The van der Waals surface area contributed by atoms with Crippen molar-refractivity contribution in [3.05, 3.63) is 82.3 Å². The third kappa shape index (κ3) is 7.63. The van der Waals surface area contributed by atoms with Crippen molar-refractivity contribution in [1.29, 1.82) is 0 Å². The van der Waals surface area contributed by atoms with E-state index in [1.54, 1.807) is 0 Å². The van der Waals surface area contributed by atoms with Gasteiger partial charge >= 0.3 is 0 Å². The summed E-state index contributed by atoms with van der Waals surface area (Å²) in [6.07, 6.45) is 0.819. The number of sulfonamides is 1. The normalized spacial score (nSPS) is 16.9. The van der Waals surface area contributed by atoms with Crippen LogP contribution < -0.4 is 20.9 Å². The quantitative estimate of drug-likeness (QED) is 0.239. The first-order valence-electron chi connectivity index (χ1n) is 13.2. The van der Waals surface area contributed by atoms with E-state index in [0.717, 1.165) is 12.1 Å². The molecule has 15 heteroatoms. The van der Waals surface area contributed by atoms with Gasteiger partial charge in [0, 0.05) is 55.4 Å². The Morgan fingerprint density at radius 3 is 2.63 bits per heavy atom. The molecule has 10 nitrogen and oxygen atoms in total. The summed E-state index contributed by atoms with van der Waals surface area (Å²) in [5.74, 6) is -2.06. The van der Waals surface area contributed by atoms with Crippen molar-refractivity contribution in [3.8, 4) is 11.1 Å². The van der Waals surface area contributed by atoms with Crippen LogP contribution in [0.2, 0.25) is 0 Å². The Bertz CT molecular complexity index is 1780. The zero-order valence-electron chi connectivity index (χ0n) is 23.0. The van der Waals surface area contributed by atoms with Crippen LogP contribution in [-0.4, -0.2) is 62.0 Å². The summed E-state index contributed by atoms with van der Waals surface area (Å²) in [5.41, 5.74) is -0.220. The number of hydrogen-bond acceptors (Lipinski definition) is 8. The molecule has 43 heavy (non-hydrogen) atoms. The highest BCUT2D eigenvalue weighted by molar-refractivity contribution is 7.91. The number of anilines is 2. The number of rotatable bonds is 10. The number of alkyl halides is 1. The number of pyridine rings is 1. The molecule has 0 bridgehead atoms. The number of piperidine rings is 1. The first kappa shape index (κ1) is 32.2. The van der Waals surface area contributed by atoms with Crippen molar-refractivity contribution in [2.45, 2.75) is 30.9 Å². The highest BCUT2D eigenvalue weighted by Gasteiger charge is 2.23. The summed E-state index contributed by atoms with van der Waals surface area (Å²) in [4.78, 5) is 22.4. The van der Waals surface area contributed by atoms with Crippen molar-refractivity contribution in [1.82, 2.24) is 19.9 Å². The van der Waals surface area contributed by atoms with E-state index in [0.29, 0.717) is 24.0 Å². The van der Waals surface area contributed by atoms with Crippen LogP contribution in [0.3, 0.4) is 0 Å². The molecule has 2 aromatic heterocycles. The third-order valence-corrected chi connectivity index (χ3v) is 8.05. The summed E-state index contributed by atoms with van der Waals surface area (Å²) >= 11 is 0. The molecular formula is C28H30ClF3N6O4S. The molecule has 1 aliphatic heterocycles. The number of halogens is 4. The van der Waals surface area contributed by atoms with Gasteiger partial charge in [-0.25, -0.2) is 26.6 Å². The van der Waals surface area contributed by atoms with E-state index in [1.165, 1.54) is 54.3 Å². The highest BCUT2D eigenvalue weighted by atomic mass is 35.5. The number of ether oxygens (including phenoxy) is 1. The minimum atomic E-state index is -4.14. The van der Waals surface area contributed by atoms with Crippen LogP contribution in [-0.2, 0) is 27.1 Å². The van der Waals surface area contributed by atoms with Crippen LogP contribution in [0.1, 0.15) is 12.0 Å². The molecule has 0 amide bonds. The maximum Gasteiger partial charge on any atom is 0.260 e. The van der Waals surface area contributed by atoms with Gasteiger partial charge in [-0.15, -0.1) is 12.4 Å². The van der Waals surface area contributed by atoms with E-state index in [2.05, 4.69) is 25.3 Å². The Kier molecular flexibility index (Phi) is 10.3. The molecule has 0 unspecified atom stereocenters. The zero-order valence-corrected chi connectivity index (χ0v) is 24.7. The Balaban J connectivity index is 0.00000423. The SMILES string of the molecule is COCCn1c(=O)c(-c2ccc(NS(=O)(=O)Cc3ccccc3F)c(F)c2)cc2cnc(N[C@@H]3CNC[C@@H](F)C3)nc21.Cl. The molecule has 0 saturated carbocycles. The van der Waals surface area contributed by atoms with Crippen molar-refractivity contribution < 1.29 is 26.3 Å². The molecule has 1 saturated heterocycles. The van der Waals surface area contributed by atoms with Crippen LogP contribution in [0.4, 0.5) is 24.8 Å². The largest absolute Gasteiger partial charge is 0.383 e. The highest BCUT2D eigenvalue weighted by Crippen LogP contribution is 2.26. The fraction of sp³-hybridized carbons (Fsp3) is 0.321. The molecule has 0 aliphatic carbocycles. The van der Waals surface area contributed by atoms with Gasteiger partial charge < -0.3 is 15.4 Å². The third-order valence-electron chi connectivity index (χ3n) is 6.82. The monoisotopic (exact) mass is 638 g/mol. The Hall–Kier alpha value is -3.72. The molecule has 4 aromatic rings. The second kappa shape index (κ2) is 13.7. The molecule has 3 heterocycles. The van der Waals surface area contributed by atoms with Gasteiger partial charge in [0.1, 0.15) is 23.5 Å². The molecule has 1 aliphatic rings. The minimum Gasteiger partial charge on any atom is -0.383 e. The van der Waals surface area contributed by atoms with Crippen LogP contribution in [0.15, 0.2) is 59.5 Å². The molecule has 0 radical (unpaired) electrons. The van der Waals surface area contributed by atoms with E-state index >= 15 is 4.39 Å². The Labute approximate surface area is 252 Å². The summed E-state index contributed by atoms with van der Waals surface area (Å²) in [6, 6.07) is 10.4. The molecular weight excluding hydrogens is 609 g/mol. The maximum absolute atomic E-state index is 15.1. The average molecular weight is 639 g/mol. The van der Waals surface area contributed by atoms with Crippen molar-refractivity contribution in [3.63, 3.8) is 0 Å². The fourth-order valence-corrected chi connectivity index (χ4v) is 6.01. The summed E-state index contributed by atoms with van der Waals surface area (Å²) in [6.45, 7) is 1.16.